The van der Waals surface area contributed by atoms with Crippen molar-refractivity contribution in [3.8, 4) is 17.0 Å². The fraction of sp³-hybridized carbons (Fsp3) is 0.250. The number of imidazole rings is 1. The van der Waals surface area contributed by atoms with E-state index in [0.717, 1.165) is 42.0 Å². The standard InChI is InChI=1S/C24H25N7O2/c1-30-12-3-4-18(30)23-29-20(21-22(25)27-11-13-31(21)23)15-5-7-16(8-6-15)24(32)28-19-14-17(33-2)9-10-26-19/h5-11,13-14,18H,3-4,12H2,1-2H3,(H2,25,27)(H,26,28,32). The molecule has 1 amide bonds. The predicted octanol–water partition coefficient (Wildman–Crippen LogP) is 3.40. The van der Waals surface area contributed by atoms with Crippen LogP contribution in [0.3, 0.4) is 0 Å². The summed E-state index contributed by atoms with van der Waals surface area (Å²) >= 11 is 0. The summed E-state index contributed by atoms with van der Waals surface area (Å²) in [5.74, 6) is 2.18. The molecule has 5 rings (SSSR count). The summed E-state index contributed by atoms with van der Waals surface area (Å²) in [6.45, 7) is 1.04. The molecule has 3 N–H and O–H groups in total. The van der Waals surface area contributed by atoms with E-state index in [1.54, 1.807) is 43.8 Å². The molecule has 0 saturated carbocycles. The molecule has 1 unspecified atom stereocenters. The van der Waals surface area contributed by atoms with E-state index in [2.05, 4.69) is 27.2 Å². The zero-order chi connectivity index (χ0) is 22.9. The Morgan fingerprint density at radius 3 is 2.73 bits per heavy atom. The third-order valence-corrected chi connectivity index (χ3v) is 6.06. The van der Waals surface area contributed by atoms with Crippen LogP contribution in [0.25, 0.3) is 16.8 Å². The zero-order valence-electron chi connectivity index (χ0n) is 18.5. The van der Waals surface area contributed by atoms with Crippen LogP contribution in [0, 0.1) is 0 Å². The van der Waals surface area contributed by atoms with Gasteiger partial charge in [0, 0.05) is 35.8 Å². The van der Waals surface area contributed by atoms with E-state index in [-0.39, 0.29) is 11.9 Å². The van der Waals surface area contributed by atoms with Crippen molar-refractivity contribution in [3.05, 3.63) is 66.4 Å². The number of anilines is 2. The number of ether oxygens (including phenoxy) is 1. The first-order chi connectivity index (χ1) is 16.0. The van der Waals surface area contributed by atoms with Gasteiger partial charge in [-0.25, -0.2) is 15.0 Å². The number of hydrogen-bond donors (Lipinski definition) is 2. The minimum atomic E-state index is -0.258. The number of hydrogen-bond acceptors (Lipinski definition) is 7. The highest BCUT2D eigenvalue weighted by Gasteiger charge is 2.28. The van der Waals surface area contributed by atoms with Gasteiger partial charge in [0.1, 0.15) is 34.4 Å². The summed E-state index contributed by atoms with van der Waals surface area (Å²) in [5.41, 5.74) is 9.18. The Labute approximate surface area is 191 Å². The molecule has 9 heteroatoms. The van der Waals surface area contributed by atoms with Gasteiger partial charge < -0.3 is 15.8 Å². The van der Waals surface area contributed by atoms with Gasteiger partial charge >= 0.3 is 0 Å². The summed E-state index contributed by atoms with van der Waals surface area (Å²) in [6, 6.07) is 10.9. The number of nitrogens with two attached hydrogens (primary N) is 1. The maximum atomic E-state index is 12.7. The van der Waals surface area contributed by atoms with Gasteiger partial charge in [-0.2, -0.15) is 0 Å². The van der Waals surface area contributed by atoms with E-state index in [9.17, 15) is 4.79 Å². The fourth-order valence-corrected chi connectivity index (χ4v) is 4.33. The molecule has 3 aromatic heterocycles. The van der Waals surface area contributed by atoms with Crippen molar-refractivity contribution in [1.82, 2.24) is 24.3 Å². The first-order valence-electron chi connectivity index (χ1n) is 10.8. The Kier molecular flexibility index (Phi) is 5.39. The fourth-order valence-electron chi connectivity index (χ4n) is 4.33. The third kappa shape index (κ3) is 3.87. The van der Waals surface area contributed by atoms with Crippen LogP contribution in [0.2, 0.25) is 0 Å². The summed E-state index contributed by atoms with van der Waals surface area (Å²) in [7, 11) is 3.69. The van der Waals surface area contributed by atoms with Crippen molar-refractivity contribution in [3.63, 3.8) is 0 Å². The second kappa shape index (κ2) is 8.51. The van der Waals surface area contributed by atoms with Gasteiger partial charge in [-0.05, 0) is 44.6 Å². The van der Waals surface area contributed by atoms with Gasteiger partial charge in [0.25, 0.3) is 5.91 Å². The predicted molar refractivity (Wildman–Crippen MR) is 126 cm³/mol. The minimum absolute atomic E-state index is 0.230. The van der Waals surface area contributed by atoms with Crippen molar-refractivity contribution in [2.45, 2.75) is 18.9 Å². The maximum Gasteiger partial charge on any atom is 0.256 e. The zero-order valence-corrected chi connectivity index (χ0v) is 18.5. The van der Waals surface area contributed by atoms with E-state index in [1.807, 2.05) is 22.7 Å². The molecule has 1 saturated heterocycles. The molecule has 0 radical (unpaired) electrons. The molecule has 0 aliphatic carbocycles. The number of likely N-dealkylation sites (tertiary alicyclic amines) is 1. The SMILES string of the molecule is COc1ccnc(NC(=O)c2ccc(-c3nc(C4CCCN4C)n4ccnc(N)c34)cc2)c1. The lowest BCUT2D eigenvalue weighted by atomic mass is 10.1. The molecular weight excluding hydrogens is 418 g/mol. The molecule has 4 aromatic rings. The van der Waals surface area contributed by atoms with Crippen molar-refractivity contribution in [2.24, 2.45) is 0 Å². The first-order valence-corrected chi connectivity index (χ1v) is 10.8. The number of nitrogens with zero attached hydrogens (tertiary/aromatic N) is 5. The Hall–Kier alpha value is -3.98. The van der Waals surface area contributed by atoms with Crippen LogP contribution < -0.4 is 15.8 Å². The molecule has 4 heterocycles. The number of aromatic nitrogens is 4. The van der Waals surface area contributed by atoms with E-state index in [0.29, 0.717) is 22.9 Å². The van der Waals surface area contributed by atoms with Gasteiger partial charge in [0.15, 0.2) is 0 Å². The normalized spacial score (nSPS) is 16.2. The van der Waals surface area contributed by atoms with Gasteiger partial charge in [0.2, 0.25) is 0 Å². The molecule has 1 atom stereocenters. The van der Waals surface area contributed by atoms with Crippen LogP contribution in [0.15, 0.2) is 55.0 Å². The summed E-state index contributed by atoms with van der Waals surface area (Å²) in [4.78, 5) is 28.4. The van der Waals surface area contributed by atoms with Gasteiger partial charge in [-0.3, -0.25) is 14.1 Å². The molecule has 33 heavy (non-hydrogen) atoms. The highest BCUT2D eigenvalue weighted by Crippen LogP contribution is 2.35. The van der Waals surface area contributed by atoms with Crippen molar-refractivity contribution < 1.29 is 9.53 Å². The minimum Gasteiger partial charge on any atom is -0.497 e. The number of nitrogen functional groups attached to an aromatic ring is 1. The first kappa shape index (κ1) is 20.9. The molecule has 1 fully saturated rings. The lowest BCUT2D eigenvalue weighted by Gasteiger charge is -2.18. The molecule has 0 bridgehead atoms. The van der Waals surface area contributed by atoms with Crippen LogP contribution in [0.5, 0.6) is 5.75 Å². The van der Waals surface area contributed by atoms with E-state index >= 15 is 0 Å². The Balaban J connectivity index is 1.46. The summed E-state index contributed by atoms with van der Waals surface area (Å²) in [5, 5.41) is 2.79. The molecule has 0 spiro atoms. The average Bonchev–Trinajstić information content (AvgIpc) is 3.43. The number of benzene rings is 1. The van der Waals surface area contributed by atoms with E-state index in [4.69, 9.17) is 15.5 Å². The number of carbonyl (C=O) groups is 1. The lowest BCUT2D eigenvalue weighted by Crippen LogP contribution is -2.19. The van der Waals surface area contributed by atoms with Crippen molar-refractivity contribution >= 4 is 23.1 Å². The smallest absolute Gasteiger partial charge is 0.256 e. The number of fused-ring (bicyclic) bond motifs is 1. The molecular formula is C24H25N7O2. The number of rotatable bonds is 5. The van der Waals surface area contributed by atoms with Crippen LogP contribution in [0.1, 0.15) is 35.1 Å². The average molecular weight is 444 g/mol. The highest BCUT2D eigenvalue weighted by atomic mass is 16.5. The van der Waals surface area contributed by atoms with Crippen LogP contribution in [-0.2, 0) is 0 Å². The molecule has 168 valence electrons. The number of methoxy groups -OCH3 is 1. The van der Waals surface area contributed by atoms with Crippen LogP contribution in [-0.4, -0.2) is 50.9 Å². The number of amides is 1. The Bertz CT molecular complexity index is 1320. The second-order valence-electron chi connectivity index (χ2n) is 8.10. The maximum absolute atomic E-state index is 12.7. The monoisotopic (exact) mass is 443 g/mol. The summed E-state index contributed by atoms with van der Waals surface area (Å²) in [6.07, 6.45) is 7.38. The van der Waals surface area contributed by atoms with Gasteiger partial charge in [0.05, 0.1) is 13.2 Å². The molecule has 9 nitrogen and oxygen atoms in total. The van der Waals surface area contributed by atoms with Crippen molar-refractivity contribution in [1.29, 1.82) is 0 Å². The van der Waals surface area contributed by atoms with E-state index in [1.165, 1.54) is 0 Å². The quantitative estimate of drug-likeness (QED) is 0.486. The lowest BCUT2D eigenvalue weighted by molar-refractivity contribution is 0.102. The molecule has 1 aliphatic heterocycles. The van der Waals surface area contributed by atoms with E-state index < -0.39 is 0 Å². The Morgan fingerprint density at radius 2 is 2.00 bits per heavy atom. The Morgan fingerprint density at radius 1 is 1.18 bits per heavy atom. The van der Waals surface area contributed by atoms with Gasteiger partial charge in [-0.15, -0.1) is 0 Å². The van der Waals surface area contributed by atoms with Crippen molar-refractivity contribution in [2.75, 3.05) is 31.8 Å². The van der Waals surface area contributed by atoms with Crippen LogP contribution in [0.4, 0.5) is 11.6 Å². The topological polar surface area (TPSA) is 111 Å². The molecule has 1 aliphatic rings. The molecule has 1 aromatic carbocycles. The number of nitrogens with one attached hydrogen (secondary N) is 1. The second-order valence-corrected chi connectivity index (χ2v) is 8.10. The largest absolute Gasteiger partial charge is 0.497 e. The number of pyridine rings is 1. The van der Waals surface area contributed by atoms with Gasteiger partial charge in [-0.1, -0.05) is 12.1 Å². The highest BCUT2D eigenvalue weighted by molar-refractivity contribution is 6.04. The number of carbonyl (C=O) groups excluding carboxylic acids is 1. The summed E-state index contributed by atoms with van der Waals surface area (Å²) < 4.78 is 7.22. The third-order valence-electron chi connectivity index (χ3n) is 6.06. The van der Waals surface area contributed by atoms with Crippen LogP contribution >= 0.6 is 0 Å².